The first-order valence-corrected chi connectivity index (χ1v) is 5.10. The van der Waals surface area contributed by atoms with Gasteiger partial charge in [0.2, 0.25) is 5.95 Å². The van der Waals surface area contributed by atoms with Crippen LogP contribution in [0.5, 0.6) is 0 Å². The van der Waals surface area contributed by atoms with E-state index < -0.39 is 0 Å². The second-order valence-electron chi connectivity index (χ2n) is 3.71. The van der Waals surface area contributed by atoms with Gasteiger partial charge >= 0.3 is 0 Å². The Morgan fingerprint density at radius 3 is 2.73 bits per heavy atom. The second-order valence-corrected chi connectivity index (χ2v) is 3.71. The maximum absolute atomic E-state index is 5.29. The van der Waals surface area contributed by atoms with Crippen molar-refractivity contribution in [3.05, 3.63) is 12.3 Å². The molecule has 1 saturated heterocycles. The molecular weight excluding hydrogens is 192 g/mol. The Kier molecular flexibility index (Phi) is 3.01. The summed E-state index contributed by atoms with van der Waals surface area (Å²) >= 11 is 0. The Bertz CT molecular complexity index is 323. The Morgan fingerprint density at radius 1 is 1.33 bits per heavy atom. The van der Waals surface area contributed by atoms with Gasteiger partial charge in [-0.15, -0.1) is 0 Å². The maximum Gasteiger partial charge on any atom is 0.227 e. The van der Waals surface area contributed by atoms with E-state index in [9.17, 15) is 0 Å². The van der Waals surface area contributed by atoms with Crippen LogP contribution in [0.2, 0.25) is 0 Å². The van der Waals surface area contributed by atoms with Crippen LogP contribution in [0.15, 0.2) is 12.3 Å². The van der Waals surface area contributed by atoms with Crippen LogP contribution in [0.25, 0.3) is 0 Å². The summed E-state index contributed by atoms with van der Waals surface area (Å²) in [5.41, 5.74) is 0. The summed E-state index contributed by atoms with van der Waals surface area (Å²) in [6.45, 7) is 3.26. The fourth-order valence-electron chi connectivity index (χ4n) is 1.50. The van der Waals surface area contributed by atoms with Gasteiger partial charge in [-0.1, -0.05) is 0 Å². The van der Waals surface area contributed by atoms with Gasteiger partial charge in [-0.3, -0.25) is 0 Å². The molecule has 0 N–H and O–H groups in total. The zero-order chi connectivity index (χ0) is 10.7. The van der Waals surface area contributed by atoms with Gasteiger partial charge in [0.1, 0.15) is 5.82 Å². The molecule has 0 spiro atoms. The van der Waals surface area contributed by atoms with E-state index in [1.54, 1.807) is 6.20 Å². The highest BCUT2D eigenvalue weighted by molar-refractivity contribution is 5.42. The number of hydrogen-bond donors (Lipinski definition) is 0. The van der Waals surface area contributed by atoms with Gasteiger partial charge in [0.15, 0.2) is 0 Å². The molecule has 0 saturated carbocycles. The molecule has 5 heteroatoms. The van der Waals surface area contributed by atoms with Crippen molar-refractivity contribution in [3.63, 3.8) is 0 Å². The van der Waals surface area contributed by atoms with Crippen molar-refractivity contribution in [1.29, 1.82) is 0 Å². The van der Waals surface area contributed by atoms with Crippen molar-refractivity contribution in [1.82, 2.24) is 9.97 Å². The van der Waals surface area contributed by atoms with Crippen LogP contribution in [-0.4, -0.2) is 50.4 Å². The average Bonchev–Trinajstić information content (AvgIpc) is 2.30. The minimum Gasteiger partial charge on any atom is -0.378 e. The maximum atomic E-state index is 5.29. The lowest BCUT2D eigenvalue weighted by Crippen LogP contribution is -2.37. The molecule has 15 heavy (non-hydrogen) atoms. The van der Waals surface area contributed by atoms with Crippen molar-refractivity contribution in [2.45, 2.75) is 0 Å². The SMILES string of the molecule is CN(C)c1ccnc(N2CCOCC2)n1. The van der Waals surface area contributed by atoms with Crippen LogP contribution in [0.4, 0.5) is 11.8 Å². The molecule has 1 aliphatic heterocycles. The zero-order valence-electron chi connectivity index (χ0n) is 9.18. The molecule has 2 rings (SSSR count). The topological polar surface area (TPSA) is 41.5 Å². The van der Waals surface area contributed by atoms with E-state index in [4.69, 9.17) is 4.74 Å². The molecule has 0 amide bonds. The summed E-state index contributed by atoms with van der Waals surface area (Å²) in [5.74, 6) is 1.73. The molecule has 2 heterocycles. The lowest BCUT2D eigenvalue weighted by atomic mass is 10.4. The van der Waals surface area contributed by atoms with Crippen LogP contribution in [0, 0.1) is 0 Å². The van der Waals surface area contributed by atoms with Crippen LogP contribution < -0.4 is 9.80 Å². The molecule has 0 aromatic carbocycles. The van der Waals surface area contributed by atoms with Crippen molar-refractivity contribution >= 4 is 11.8 Å². The number of aromatic nitrogens is 2. The molecule has 1 fully saturated rings. The van der Waals surface area contributed by atoms with Crippen LogP contribution in [-0.2, 0) is 4.74 Å². The number of rotatable bonds is 2. The summed E-state index contributed by atoms with van der Waals surface area (Å²) in [7, 11) is 3.96. The molecule has 0 unspecified atom stereocenters. The highest BCUT2D eigenvalue weighted by Crippen LogP contribution is 2.13. The van der Waals surface area contributed by atoms with E-state index in [2.05, 4.69) is 14.9 Å². The number of nitrogens with zero attached hydrogens (tertiary/aromatic N) is 4. The highest BCUT2D eigenvalue weighted by atomic mass is 16.5. The van der Waals surface area contributed by atoms with Crippen molar-refractivity contribution in [2.24, 2.45) is 0 Å². The van der Waals surface area contributed by atoms with Crippen molar-refractivity contribution in [3.8, 4) is 0 Å². The Morgan fingerprint density at radius 2 is 2.07 bits per heavy atom. The van der Waals surface area contributed by atoms with Gasteiger partial charge in [0.25, 0.3) is 0 Å². The van der Waals surface area contributed by atoms with E-state index in [1.807, 2.05) is 25.1 Å². The van der Waals surface area contributed by atoms with Crippen LogP contribution in [0.3, 0.4) is 0 Å². The number of morpholine rings is 1. The quantitative estimate of drug-likeness (QED) is 0.703. The molecule has 0 aliphatic carbocycles. The van der Waals surface area contributed by atoms with Crippen LogP contribution in [0.1, 0.15) is 0 Å². The first kappa shape index (κ1) is 10.2. The fraction of sp³-hybridized carbons (Fsp3) is 0.600. The Labute approximate surface area is 89.7 Å². The molecule has 1 aromatic rings. The van der Waals surface area contributed by atoms with Crippen LogP contribution >= 0.6 is 0 Å². The zero-order valence-corrected chi connectivity index (χ0v) is 9.18. The first-order chi connectivity index (χ1) is 7.27. The van der Waals surface area contributed by atoms with E-state index in [0.29, 0.717) is 0 Å². The molecule has 1 aliphatic rings. The third kappa shape index (κ3) is 2.36. The standard InChI is InChI=1S/C10H16N4O/c1-13(2)9-3-4-11-10(12-9)14-5-7-15-8-6-14/h3-4H,5-8H2,1-2H3. The number of hydrogen-bond acceptors (Lipinski definition) is 5. The number of anilines is 2. The smallest absolute Gasteiger partial charge is 0.227 e. The van der Waals surface area contributed by atoms with Gasteiger partial charge in [-0.05, 0) is 6.07 Å². The molecule has 1 aromatic heterocycles. The van der Waals surface area contributed by atoms with Gasteiger partial charge in [-0.25, -0.2) is 4.98 Å². The van der Waals surface area contributed by atoms with Crippen molar-refractivity contribution in [2.75, 3.05) is 50.2 Å². The fourth-order valence-corrected chi connectivity index (χ4v) is 1.50. The van der Waals surface area contributed by atoms with Gasteiger partial charge < -0.3 is 14.5 Å². The monoisotopic (exact) mass is 208 g/mol. The van der Waals surface area contributed by atoms with Gasteiger partial charge in [0, 0.05) is 33.4 Å². The van der Waals surface area contributed by atoms with Gasteiger partial charge in [0.05, 0.1) is 13.2 Å². The minimum atomic E-state index is 0.759. The predicted molar refractivity (Wildman–Crippen MR) is 59.4 cm³/mol. The number of ether oxygens (including phenoxy) is 1. The molecular formula is C10H16N4O. The summed E-state index contributed by atoms with van der Waals surface area (Å²) in [5, 5.41) is 0. The predicted octanol–water partition coefficient (Wildman–Crippen LogP) is 0.379. The molecule has 0 bridgehead atoms. The van der Waals surface area contributed by atoms with Crippen molar-refractivity contribution < 1.29 is 4.74 Å². The summed E-state index contributed by atoms with van der Waals surface area (Å²) in [6.07, 6.45) is 1.80. The third-order valence-corrected chi connectivity index (χ3v) is 2.38. The molecule has 82 valence electrons. The Hall–Kier alpha value is -1.36. The molecule has 0 radical (unpaired) electrons. The van der Waals surface area contributed by atoms with E-state index >= 15 is 0 Å². The third-order valence-electron chi connectivity index (χ3n) is 2.38. The summed E-state index contributed by atoms with van der Waals surface area (Å²) < 4.78 is 5.29. The van der Waals surface area contributed by atoms with Gasteiger partial charge in [-0.2, -0.15) is 4.98 Å². The largest absolute Gasteiger partial charge is 0.378 e. The second kappa shape index (κ2) is 4.44. The molecule has 5 nitrogen and oxygen atoms in total. The van der Waals surface area contributed by atoms with E-state index in [0.717, 1.165) is 38.1 Å². The summed E-state index contributed by atoms with van der Waals surface area (Å²) in [4.78, 5) is 12.9. The average molecular weight is 208 g/mol. The first-order valence-electron chi connectivity index (χ1n) is 5.10. The lowest BCUT2D eigenvalue weighted by molar-refractivity contribution is 0.122. The molecule has 0 atom stereocenters. The van der Waals surface area contributed by atoms with E-state index in [1.165, 1.54) is 0 Å². The highest BCUT2D eigenvalue weighted by Gasteiger charge is 2.13. The summed E-state index contributed by atoms with van der Waals surface area (Å²) in [6, 6.07) is 1.91. The minimum absolute atomic E-state index is 0.759. The lowest BCUT2D eigenvalue weighted by Gasteiger charge is -2.27. The Balaban J connectivity index is 2.16. The van der Waals surface area contributed by atoms with E-state index in [-0.39, 0.29) is 0 Å². The normalized spacial score (nSPS) is 16.5.